The normalized spacial score (nSPS) is 30.9. The number of halogens is 3. The third kappa shape index (κ3) is 3.02. The van der Waals surface area contributed by atoms with Crippen LogP contribution in [0.2, 0.25) is 0 Å². The number of hydrogen-bond acceptors (Lipinski definition) is 3. The van der Waals surface area contributed by atoms with Crippen molar-refractivity contribution >= 4 is 6.09 Å². The van der Waals surface area contributed by atoms with Crippen molar-refractivity contribution in [1.82, 2.24) is 4.90 Å². The molecule has 1 amide bonds. The predicted octanol–water partition coefficient (Wildman–Crippen LogP) is 2.56. The van der Waals surface area contributed by atoms with Gasteiger partial charge in [-0.05, 0) is 45.4 Å². The van der Waals surface area contributed by atoms with E-state index in [1.54, 1.807) is 20.8 Å². The number of hydrogen-bond donors (Lipinski definition) is 1. The van der Waals surface area contributed by atoms with Crippen molar-refractivity contribution < 1.29 is 27.8 Å². The minimum absolute atomic E-state index is 0.0459. The van der Waals surface area contributed by atoms with Gasteiger partial charge in [-0.15, -0.1) is 0 Å². The molecule has 0 aromatic rings. The van der Waals surface area contributed by atoms with Crippen LogP contribution in [0.15, 0.2) is 0 Å². The molecule has 0 spiro atoms. The van der Waals surface area contributed by atoms with E-state index in [0.29, 0.717) is 13.0 Å². The van der Waals surface area contributed by atoms with E-state index in [1.807, 2.05) is 0 Å². The Morgan fingerprint density at radius 1 is 1.40 bits per heavy atom. The molecule has 1 aliphatic carbocycles. The Balaban J connectivity index is 1.92. The Kier molecular flexibility index (Phi) is 3.69. The summed E-state index contributed by atoms with van der Waals surface area (Å²) < 4.78 is 42.3. The first-order valence-electron chi connectivity index (χ1n) is 6.73. The molecule has 3 rings (SSSR count). The highest BCUT2D eigenvalue weighted by atomic mass is 19.4. The van der Waals surface area contributed by atoms with Gasteiger partial charge in [0, 0.05) is 12.6 Å². The number of aliphatic hydroxyl groups excluding tert-OH is 1. The van der Waals surface area contributed by atoms with Gasteiger partial charge in [0.05, 0.1) is 0 Å². The molecule has 0 aromatic heterocycles. The maximum absolute atomic E-state index is 12.4. The molecular formula is C13H20F3NO3. The Hall–Kier alpha value is -0.980. The summed E-state index contributed by atoms with van der Waals surface area (Å²) in [6.45, 7) is 5.66. The fraction of sp³-hybridized carbons (Fsp3) is 0.923. The van der Waals surface area contributed by atoms with E-state index < -0.39 is 24.0 Å². The molecule has 2 bridgehead atoms. The van der Waals surface area contributed by atoms with Gasteiger partial charge >= 0.3 is 12.3 Å². The predicted molar refractivity (Wildman–Crippen MR) is 65.0 cm³/mol. The van der Waals surface area contributed by atoms with E-state index >= 15 is 0 Å². The van der Waals surface area contributed by atoms with Crippen LogP contribution in [0.25, 0.3) is 0 Å². The van der Waals surface area contributed by atoms with Crippen LogP contribution in [0, 0.1) is 11.8 Å². The van der Waals surface area contributed by atoms with Crippen LogP contribution in [-0.2, 0) is 4.74 Å². The van der Waals surface area contributed by atoms with Crippen LogP contribution in [0.4, 0.5) is 18.0 Å². The first kappa shape index (κ1) is 15.4. The average Bonchev–Trinajstić information content (AvgIpc) is 2.79. The highest BCUT2D eigenvalue weighted by Crippen LogP contribution is 2.49. The molecule has 2 saturated heterocycles. The molecule has 4 atom stereocenters. The quantitative estimate of drug-likeness (QED) is 0.851. The largest absolute Gasteiger partial charge is 0.444 e. The first-order valence-corrected chi connectivity index (χ1v) is 6.73. The van der Waals surface area contributed by atoms with Gasteiger partial charge in [0.15, 0.2) is 0 Å². The lowest BCUT2D eigenvalue weighted by Crippen LogP contribution is -2.45. The molecule has 7 heteroatoms. The monoisotopic (exact) mass is 295 g/mol. The van der Waals surface area contributed by atoms with Gasteiger partial charge in [0.1, 0.15) is 11.7 Å². The van der Waals surface area contributed by atoms with Gasteiger partial charge in [0.2, 0.25) is 0 Å². The zero-order chi connectivity index (χ0) is 15.3. The molecule has 0 radical (unpaired) electrons. The lowest BCUT2D eigenvalue weighted by atomic mass is 9.71. The summed E-state index contributed by atoms with van der Waals surface area (Å²) in [5, 5.41) is 9.14. The van der Waals surface area contributed by atoms with Crippen molar-refractivity contribution in [1.29, 1.82) is 0 Å². The van der Waals surface area contributed by atoms with Crippen molar-refractivity contribution in [2.45, 2.75) is 57.5 Å². The minimum atomic E-state index is -4.59. The molecule has 3 aliphatic rings. The van der Waals surface area contributed by atoms with E-state index in [2.05, 4.69) is 0 Å². The van der Waals surface area contributed by atoms with E-state index in [-0.39, 0.29) is 24.3 Å². The van der Waals surface area contributed by atoms with E-state index in [1.165, 1.54) is 4.90 Å². The molecule has 2 aliphatic heterocycles. The fourth-order valence-electron chi connectivity index (χ4n) is 3.01. The molecule has 2 unspecified atom stereocenters. The molecule has 116 valence electrons. The molecule has 2 heterocycles. The summed E-state index contributed by atoms with van der Waals surface area (Å²) in [5.41, 5.74) is -0.620. The van der Waals surface area contributed by atoms with Gasteiger partial charge in [-0.1, -0.05) is 0 Å². The summed E-state index contributed by atoms with van der Waals surface area (Å²) in [4.78, 5) is 13.4. The maximum atomic E-state index is 12.4. The Morgan fingerprint density at radius 2 is 2.00 bits per heavy atom. The van der Waals surface area contributed by atoms with Crippen LogP contribution in [0.1, 0.15) is 33.6 Å². The highest BCUT2D eigenvalue weighted by molar-refractivity contribution is 5.69. The number of nitrogens with zero attached hydrogens (tertiary/aromatic N) is 1. The molecule has 3 fully saturated rings. The van der Waals surface area contributed by atoms with Gasteiger partial charge in [-0.3, -0.25) is 0 Å². The number of carbonyl (C=O) groups excluding carboxylic acids is 1. The minimum Gasteiger partial charge on any atom is -0.444 e. The third-order valence-corrected chi connectivity index (χ3v) is 3.98. The molecule has 1 N–H and O–H groups in total. The second kappa shape index (κ2) is 4.79. The topological polar surface area (TPSA) is 49.8 Å². The van der Waals surface area contributed by atoms with Crippen molar-refractivity contribution in [3.63, 3.8) is 0 Å². The molecule has 4 nitrogen and oxygen atoms in total. The number of rotatable bonds is 2. The summed E-state index contributed by atoms with van der Waals surface area (Å²) in [6.07, 6.45) is -7.01. The number of carbonyl (C=O) groups is 1. The van der Waals surface area contributed by atoms with Crippen molar-refractivity contribution in [3.05, 3.63) is 0 Å². The zero-order valence-corrected chi connectivity index (χ0v) is 11.8. The lowest BCUT2D eigenvalue weighted by Gasteiger charge is -2.38. The van der Waals surface area contributed by atoms with E-state index in [9.17, 15) is 18.0 Å². The second-order valence-electron chi connectivity index (χ2n) is 6.65. The lowest BCUT2D eigenvalue weighted by molar-refractivity contribution is -0.211. The van der Waals surface area contributed by atoms with Gasteiger partial charge in [-0.25, -0.2) is 4.79 Å². The zero-order valence-electron chi connectivity index (χ0n) is 11.8. The van der Waals surface area contributed by atoms with Crippen LogP contribution in [0.3, 0.4) is 0 Å². The maximum Gasteiger partial charge on any atom is 0.414 e. The molecule has 0 aromatic carbocycles. The highest BCUT2D eigenvalue weighted by Gasteiger charge is 2.56. The van der Waals surface area contributed by atoms with Gasteiger partial charge in [-0.2, -0.15) is 13.2 Å². The van der Waals surface area contributed by atoms with Crippen molar-refractivity contribution in [2.75, 3.05) is 6.54 Å². The number of fused-ring (bicyclic) bond motifs is 1. The average molecular weight is 295 g/mol. The van der Waals surface area contributed by atoms with Crippen molar-refractivity contribution in [2.24, 2.45) is 11.8 Å². The number of amides is 1. The standard InChI is InChI=1S/C13H20F3NO3/c1-12(2,3)20-11(19)17-6-7-4-9(17)8(7)5-10(18)13(14,15)16/h7-10,18H,4-6H2,1-3H3/t7-,8?,9-,10?/m0/s1. The fourth-order valence-corrected chi connectivity index (χ4v) is 3.01. The first-order chi connectivity index (χ1) is 8.99. The van der Waals surface area contributed by atoms with Crippen LogP contribution in [0.5, 0.6) is 0 Å². The number of ether oxygens (including phenoxy) is 1. The summed E-state index contributed by atoms with van der Waals surface area (Å²) in [7, 11) is 0. The molecule has 1 saturated carbocycles. The Morgan fingerprint density at radius 3 is 2.50 bits per heavy atom. The number of alkyl halides is 3. The molecule has 20 heavy (non-hydrogen) atoms. The van der Waals surface area contributed by atoms with Crippen LogP contribution >= 0.6 is 0 Å². The SMILES string of the molecule is CC(C)(C)OC(=O)N1C[C@@H]2C[C@H]1C2CC(O)C(F)(F)F. The Labute approximate surface area is 115 Å². The smallest absolute Gasteiger partial charge is 0.414 e. The van der Waals surface area contributed by atoms with Gasteiger partial charge < -0.3 is 14.7 Å². The second-order valence-corrected chi connectivity index (χ2v) is 6.65. The summed E-state index contributed by atoms with van der Waals surface area (Å²) in [5.74, 6) is -0.233. The summed E-state index contributed by atoms with van der Waals surface area (Å²) >= 11 is 0. The van der Waals surface area contributed by atoms with Crippen LogP contribution < -0.4 is 0 Å². The third-order valence-electron chi connectivity index (χ3n) is 3.98. The number of aliphatic hydroxyl groups is 1. The molecular weight excluding hydrogens is 275 g/mol. The van der Waals surface area contributed by atoms with E-state index in [0.717, 1.165) is 0 Å². The van der Waals surface area contributed by atoms with Gasteiger partial charge in [0.25, 0.3) is 0 Å². The summed E-state index contributed by atoms with van der Waals surface area (Å²) in [6, 6.07) is -0.230. The van der Waals surface area contributed by atoms with E-state index in [4.69, 9.17) is 9.84 Å². The Bertz CT molecular complexity index is 391. The van der Waals surface area contributed by atoms with Crippen molar-refractivity contribution in [3.8, 4) is 0 Å². The van der Waals surface area contributed by atoms with Crippen LogP contribution in [-0.4, -0.2) is 46.6 Å².